The van der Waals surface area contributed by atoms with Gasteiger partial charge in [0.2, 0.25) is 21.8 Å². The third-order valence-electron chi connectivity index (χ3n) is 6.67. The van der Waals surface area contributed by atoms with Gasteiger partial charge < -0.3 is 15.0 Å². The normalized spacial score (nSPS) is 20.2. The summed E-state index contributed by atoms with van der Waals surface area (Å²) in [5.74, 6) is 0.00179. The molecule has 2 aromatic rings. The number of carbonyl (C=O) groups excluding carboxylic acids is 2. The number of piperidine rings is 1. The van der Waals surface area contributed by atoms with Gasteiger partial charge in [0.15, 0.2) is 0 Å². The molecule has 2 amide bonds. The molecule has 1 fully saturated rings. The summed E-state index contributed by atoms with van der Waals surface area (Å²) >= 11 is 0. The van der Waals surface area contributed by atoms with Gasteiger partial charge in [-0.2, -0.15) is 4.31 Å². The van der Waals surface area contributed by atoms with Crippen LogP contribution in [0.15, 0.2) is 47.4 Å². The van der Waals surface area contributed by atoms with Crippen molar-refractivity contribution in [2.24, 2.45) is 5.92 Å². The van der Waals surface area contributed by atoms with Crippen molar-refractivity contribution in [2.45, 2.75) is 43.9 Å². The molecule has 182 valence electrons. The molecule has 0 bridgehead atoms. The van der Waals surface area contributed by atoms with E-state index in [1.165, 1.54) is 4.31 Å². The molecular weight excluding hydrogens is 454 g/mol. The number of likely N-dealkylation sites (N-methyl/N-ethyl adjacent to an activating group) is 1. The average Bonchev–Trinajstić information content (AvgIpc) is 3.00. The molecule has 1 saturated heterocycles. The lowest BCUT2D eigenvalue weighted by molar-refractivity contribution is -0.122. The molecule has 2 aromatic carbocycles. The summed E-state index contributed by atoms with van der Waals surface area (Å²) < 4.78 is 33.7. The molecule has 0 saturated carbocycles. The Balaban J connectivity index is 1.50. The minimum atomic E-state index is -3.81. The standard InChI is InChI=1S/C25H31N3O5S/c1-5-33-19-10-8-18(9-11-19)26-23(29)17-7-6-14-28(16-17)34(31,32)20-12-13-22-21(15-20)25(2,3)24(30)27(22)4/h8-13,15,17H,5-7,14,16H2,1-4H3,(H,26,29). The van der Waals surface area contributed by atoms with Crippen LogP contribution in [0, 0.1) is 5.92 Å². The largest absolute Gasteiger partial charge is 0.494 e. The summed E-state index contributed by atoms with van der Waals surface area (Å²) in [6.07, 6.45) is 1.21. The first-order valence-electron chi connectivity index (χ1n) is 11.5. The van der Waals surface area contributed by atoms with Gasteiger partial charge in [0.1, 0.15) is 5.75 Å². The molecule has 0 radical (unpaired) electrons. The lowest BCUT2D eigenvalue weighted by Crippen LogP contribution is -2.43. The average molecular weight is 486 g/mol. The number of amides is 2. The van der Waals surface area contributed by atoms with Crippen molar-refractivity contribution < 1.29 is 22.7 Å². The zero-order valence-corrected chi connectivity index (χ0v) is 20.8. The van der Waals surface area contributed by atoms with E-state index in [4.69, 9.17) is 4.74 Å². The van der Waals surface area contributed by atoms with Crippen molar-refractivity contribution in [3.63, 3.8) is 0 Å². The summed E-state index contributed by atoms with van der Waals surface area (Å²) in [6, 6.07) is 12.0. The van der Waals surface area contributed by atoms with E-state index in [1.807, 2.05) is 6.92 Å². The first kappa shape index (κ1) is 24.2. The van der Waals surface area contributed by atoms with Crippen molar-refractivity contribution in [1.82, 2.24) is 4.31 Å². The Kier molecular flexibility index (Phi) is 6.44. The van der Waals surface area contributed by atoms with Crippen molar-refractivity contribution in [2.75, 3.05) is 37.0 Å². The molecule has 2 aliphatic heterocycles. The van der Waals surface area contributed by atoms with Crippen LogP contribution < -0.4 is 15.0 Å². The molecule has 2 aliphatic rings. The Labute approximate surface area is 200 Å². The zero-order valence-electron chi connectivity index (χ0n) is 20.0. The van der Waals surface area contributed by atoms with Crippen LogP contribution in [0.1, 0.15) is 39.2 Å². The minimum Gasteiger partial charge on any atom is -0.494 e. The summed E-state index contributed by atoms with van der Waals surface area (Å²) in [6.45, 7) is 6.54. The number of sulfonamides is 1. The maximum Gasteiger partial charge on any atom is 0.243 e. The van der Waals surface area contributed by atoms with E-state index in [9.17, 15) is 18.0 Å². The SMILES string of the molecule is CCOc1ccc(NC(=O)C2CCCN(S(=O)(=O)c3ccc4c(c3)C(C)(C)C(=O)N4C)C2)cc1. The van der Waals surface area contributed by atoms with Crippen LogP contribution in [-0.2, 0) is 25.0 Å². The lowest BCUT2D eigenvalue weighted by Gasteiger charge is -2.31. The Morgan fingerprint density at radius 2 is 1.88 bits per heavy atom. The fourth-order valence-electron chi connectivity index (χ4n) is 4.68. The third-order valence-corrected chi connectivity index (χ3v) is 8.53. The van der Waals surface area contributed by atoms with E-state index >= 15 is 0 Å². The van der Waals surface area contributed by atoms with Crippen molar-refractivity contribution in [3.8, 4) is 5.75 Å². The van der Waals surface area contributed by atoms with Gasteiger partial charge in [-0.05, 0) is 81.6 Å². The monoisotopic (exact) mass is 485 g/mol. The van der Waals surface area contributed by atoms with E-state index in [1.54, 1.807) is 68.3 Å². The summed E-state index contributed by atoms with van der Waals surface area (Å²) in [4.78, 5) is 27.2. The first-order chi connectivity index (χ1) is 16.1. The predicted octanol–water partition coefficient (Wildman–Crippen LogP) is 3.38. The van der Waals surface area contributed by atoms with E-state index in [2.05, 4.69) is 5.32 Å². The molecule has 0 spiro atoms. The number of fused-ring (bicyclic) bond motifs is 1. The van der Waals surface area contributed by atoms with Crippen molar-refractivity contribution in [1.29, 1.82) is 0 Å². The van der Waals surface area contributed by atoms with E-state index in [0.717, 1.165) is 11.4 Å². The molecule has 1 N–H and O–H groups in total. The number of benzene rings is 2. The van der Waals surface area contributed by atoms with Crippen LogP contribution in [0.3, 0.4) is 0 Å². The van der Waals surface area contributed by atoms with E-state index < -0.39 is 21.4 Å². The molecule has 34 heavy (non-hydrogen) atoms. The van der Waals surface area contributed by atoms with Crippen LogP contribution in [0.25, 0.3) is 0 Å². The number of rotatable bonds is 6. The topological polar surface area (TPSA) is 96.0 Å². The van der Waals surface area contributed by atoms with Crippen LogP contribution in [-0.4, -0.2) is 51.3 Å². The molecular formula is C25H31N3O5S. The molecule has 1 unspecified atom stereocenters. The molecule has 0 aliphatic carbocycles. The Morgan fingerprint density at radius 1 is 1.18 bits per heavy atom. The van der Waals surface area contributed by atoms with Gasteiger partial charge in [0.25, 0.3) is 0 Å². The molecule has 1 atom stereocenters. The highest BCUT2D eigenvalue weighted by molar-refractivity contribution is 7.89. The fraction of sp³-hybridized carbons (Fsp3) is 0.440. The second-order valence-electron chi connectivity index (χ2n) is 9.32. The van der Waals surface area contributed by atoms with Crippen LogP contribution in [0.4, 0.5) is 11.4 Å². The first-order valence-corrected chi connectivity index (χ1v) is 13.0. The second kappa shape index (κ2) is 9.03. The minimum absolute atomic E-state index is 0.0685. The Bertz CT molecular complexity index is 1210. The van der Waals surface area contributed by atoms with Gasteiger partial charge in [0.05, 0.1) is 22.8 Å². The number of hydrogen-bond acceptors (Lipinski definition) is 5. The summed E-state index contributed by atoms with van der Waals surface area (Å²) in [5, 5.41) is 2.89. The molecule has 8 nitrogen and oxygen atoms in total. The van der Waals surface area contributed by atoms with Gasteiger partial charge in [-0.3, -0.25) is 9.59 Å². The number of hydrogen-bond donors (Lipinski definition) is 1. The molecule has 9 heteroatoms. The number of anilines is 2. The van der Waals surface area contributed by atoms with E-state index in [-0.39, 0.29) is 23.3 Å². The number of nitrogens with zero attached hydrogens (tertiary/aromatic N) is 2. The van der Waals surface area contributed by atoms with Crippen LogP contribution in [0.2, 0.25) is 0 Å². The molecule has 0 aromatic heterocycles. The van der Waals surface area contributed by atoms with E-state index in [0.29, 0.717) is 37.2 Å². The van der Waals surface area contributed by atoms with Crippen molar-refractivity contribution in [3.05, 3.63) is 48.0 Å². The fourth-order valence-corrected chi connectivity index (χ4v) is 6.23. The number of carbonyl (C=O) groups is 2. The predicted molar refractivity (Wildman–Crippen MR) is 131 cm³/mol. The number of ether oxygens (including phenoxy) is 1. The van der Waals surface area contributed by atoms with Gasteiger partial charge in [-0.1, -0.05) is 0 Å². The molecule has 4 rings (SSSR count). The smallest absolute Gasteiger partial charge is 0.243 e. The Hall–Kier alpha value is -2.91. The second-order valence-corrected chi connectivity index (χ2v) is 11.3. The third kappa shape index (κ3) is 4.30. The highest BCUT2D eigenvalue weighted by Crippen LogP contribution is 2.42. The van der Waals surface area contributed by atoms with Gasteiger partial charge in [0, 0.05) is 31.5 Å². The highest BCUT2D eigenvalue weighted by Gasteiger charge is 2.43. The van der Waals surface area contributed by atoms with Gasteiger partial charge in [-0.15, -0.1) is 0 Å². The quantitative estimate of drug-likeness (QED) is 0.677. The van der Waals surface area contributed by atoms with Gasteiger partial charge >= 0.3 is 0 Å². The molecule has 2 heterocycles. The number of nitrogens with one attached hydrogen (secondary N) is 1. The Morgan fingerprint density at radius 3 is 2.56 bits per heavy atom. The van der Waals surface area contributed by atoms with Crippen LogP contribution in [0.5, 0.6) is 5.75 Å². The summed E-state index contributed by atoms with van der Waals surface area (Å²) in [5.41, 5.74) is 1.27. The highest BCUT2D eigenvalue weighted by atomic mass is 32.2. The summed E-state index contributed by atoms with van der Waals surface area (Å²) in [7, 11) is -2.12. The van der Waals surface area contributed by atoms with Crippen LogP contribution >= 0.6 is 0 Å². The maximum atomic E-state index is 13.5. The zero-order chi connectivity index (χ0) is 24.7. The maximum absolute atomic E-state index is 13.5. The van der Waals surface area contributed by atoms with Gasteiger partial charge in [-0.25, -0.2) is 8.42 Å². The van der Waals surface area contributed by atoms with Crippen molar-refractivity contribution >= 4 is 33.2 Å². The lowest BCUT2D eigenvalue weighted by atomic mass is 9.86.